The van der Waals surface area contributed by atoms with Gasteiger partial charge in [-0.05, 0) is 53.1 Å². The van der Waals surface area contributed by atoms with Crippen LogP contribution in [0.2, 0.25) is 0 Å². The van der Waals surface area contributed by atoms with Crippen molar-refractivity contribution in [2.75, 3.05) is 26.7 Å². The molecule has 0 bridgehead atoms. The standard InChI is InChI=1S/C14H27N3O/c1-14(2)12(15)7-5-9-17(14)13(18)11-6-4-8-16(3)10-11/h11-12H,4-10,15H2,1-3H3. The zero-order chi connectivity index (χ0) is 13.3. The summed E-state index contributed by atoms with van der Waals surface area (Å²) >= 11 is 0. The number of carbonyl (C=O) groups excluding carboxylic acids is 1. The van der Waals surface area contributed by atoms with Crippen molar-refractivity contribution in [1.29, 1.82) is 0 Å². The fraction of sp³-hybridized carbons (Fsp3) is 0.929. The van der Waals surface area contributed by atoms with Crippen LogP contribution in [-0.4, -0.2) is 54.0 Å². The molecule has 0 spiro atoms. The Morgan fingerprint density at radius 3 is 2.56 bits per heavy atom. The largest absolute Gasteiger partial charge is 0.336 e. The average Bonchev–Trinajstić information content (AvgIpc) is 2.32. The van der Waals surface area contributed by atoms with E-state index in [0.29, 0.717) is 5.91 Å². The highest BCUT2D eigenvalue weighted by Gasteiger charge is 2.41. The van der Waals surface area contributed by atoms with Gasteiger partial charge >= 0.3 is 0 Å². The molecule has 2 fully saturated rings. The van der Waals surface area contributed by atoms with Crippen LogP contribution < -0.4 is 5.73 Å². The van der Waals surface area contributed by atoms with Crippen molar-refractivity contribution in [2.45, 2.75) is 51.1 Å². The molecule has 2 aliphatic heterocycles. The van der Waals surface area contributed by atoms with Crippen LogP contribution >= 0.6 is 0 Å². The second-order valence-corrected chi connectivity index (χ2v) is 6.49. The minimum absolute atomic E-state index is 0.108. The Bertz CT molecular complexity index is 316. The third-order valence-electron chi connectivity index (χ3n) is 4.74. The lowest BCUT2D eigenvalue weighted by Gasteiger charge is -2.48. The zero-order valence-electron chi connectivity index (χ0n) is 12.0. The zero-order valence-corrected chi connectivity index (χ0v) is 12.0. The number of carbonyl (C=O) groups is 1. The van der Waals surface area contributed by atoms with Gasteiger partial charge in [-0.2, -0.15) is 0 Å². The SMILES string of the molecule is CN1CCCC(C(=O)N2CCCC(N)C2(C)C)C1. The summed E-state index contributed by atoms with van der Waals surface area (Å²) in [5.74, 6) is 0.495. The molecule has 0 aromatic carbocycles. The van der Waals surface area contributed by atoms with E-state index in [1.807, 2.05) is 4.90 Å². The second-order valence-electron chi connectivity index (χ2n) is 6.49. The van der Waals surface area contributed by atoms with Gasteiger partial charge in [0.2, 0.25) is 5.91 Å². The molecular formula is C14H27N3O. The van der Waals surface area contributed by atoms with Crippen LogP contribution in [-0.2, 0) is 4.79 Å². The van der Waals surface area contributed by atoms with E-state index in [-0.39, 0.29) is 17.5 Å². The summed E-state index contributed by atoms with van der Waals surface area (Å²) in [6.07, 6.45) is 4.23. The highest BCUT2D eigenvalue weighted by molar-refractivity contribution is 5.80. The maximum Gasteiger partial charge on any atom is 0.227 e. The first kappa shape index (κ1) is 13.8. The number of hydrogen-bond donors (Lipinski definition) is 1. The Morgan fingerprint density at radius 1 is 1.22 bits per heavy atom. The molecular weight excluding hydrogens is 226 g/mol. The summed E-state index contributed by atoms with van der Waals surface area (Å²) in [6, 6.07) is 0.108. The molecule has 2 unspecified atom stereocenters. The van der Waals surface area contributed by atoms with Gasteiger partial charge in [-0.3, -0.25) is 4.79 Å². The Labute approximate surface area is 110 Å². The highest BCUT2D eigenvalue weighted by Crippen LogP contribution is 2.29. The molecule has 2 aliphatic rings. The summed E-state index contributed by atoms with van der Waals surface area (Å²) in [4.78, 5) is 17.0. The van der Waals surface area contributed by atoms with E-state index in [1.165, 1.54) is 0 Å². The van der Waals surface area contributed by atoms with Crippen LogP contribution in [0.5, 0.6) is 0 Å². The molecule has 0 aromatic rings. The van der Waals surface area contributed by atoms with E-state index in [4.69, 9.17) is 5.73 Å². The van der Waals surface area contributed by atoms with E-state index in [2.05, 4.69) is 25.8 Å². The molecule has 104 valence electrons. The Hall–Kier alpha value is -0.610. The van der Waals surface area contributed by atoms with E-state index in [0.717, 1.165) is 45.3 Å². The Kier molecular flexibility index (Phi) is 3.97. The average molecular weight is 253 g/mol. The van der Waals surface area contributed by atoms with E-state index in [9.17, 15) is 4.79 Å². The van der Waals surface area contributed by atoms with Crippen molar-refractivity contribution in [2.24, 2.45) is 11.7 Å². The lowest BCUT2D eigenvalue weighted by Crippen LogP contribution is -2.63. The van der Waals surface area contributed by atoms with Gasteiger partial charge in [-0.1, -0.05) is 0 Å². The normalized spacial score (nSPS) is 33.4. The quantitative estimate of drug-likeness (QED) is 0.760. The third kappa shape index (κ3) is 2.54. The van der Waals surface area contributed by atoms with Crippen LogP contribution in [0.1, 0.15) is 39.5 Å². The molecule has 2 saturated heterocycles. The van der Waals surface area contributed by atoms with Crippen LogP contribution in [0.25, 0.3) is 0 Å². The predicted molar refractivity (Wildman–Crippen MR) is 73.2 cm³/mol. The first-order valence-corrected chi connectivity index (χ1v) is 7.18. The van der Waals surface area contributed by atoms with Gasteiger partial charge in [0.25, 0.3) is 0 Å². The number of likely N-dealkylation sites (tertiary alicyclic amines) is 2. The van der Waals surface area contributed by atoms with E-state index >= 15 is 0 Å². The van der Waals surface area contributed by atoms with Gasteiger partial charge < -0.3 is 15.5 Å². The van der Waals surface area contributed by atoms with Gasteiger partial charge in [0.15, 0.2) is 0 Å². The maximum atomic E-state index is 12.7. The van der Waals surface area contributed by atoms with Crippen molar-refractivity contribution in [3.05, 3.63) is 0 Å². The van der Waals surface area contributed by atoms with Crippen molar-refractivity contribution >= 4 is 5.91 Å². The molecule has 0 aliphatic carbocycles. The van der Waals surface area contributed by atoms with Gasteiger partial charge in [-0.25, -0.2) is 0 Å². The Balaban J connectivity index is 2.07. The summed E-state index contributed by atoms with van der Waals surface area (Å²) < 4.78 is 0. The molecule has 1 amide bonds. The third-order valence-corrected chi connectivity index (χ3v) is 4.74. The van der Waals surface area contributed by atoms with E-state index < -0.39 is 0 Å². The first-order valence-electron chi connectivity index (χ1n) is 7.18. The van der Waals surface area contributed by atoms with Crippen molar-refractivity contribution in [1.82, 2.24) is 9.80 Å². The minimum Gasteiger partial charge on any atom is -0.336 e. The monoisotopic (exact) mass is 253 g/mol. The van der Waals surface area contributed by atoms with Gasteiger partial charge in [0.05, 0.1) is 11.5 Å². The van der Waals surface area contributed by atoms with Crippen LogP contribution in [0.4, 0.5) is 0 Å². The van der Waals surface area contributed by atoms with Crippen LogP contribution in [0.15, 0.2) is 0 Å². The molecule has 0 aromatic heterocycles. The predicted octanol–water partition coefficient (Wildman–Crippen LogP) is 1.06. The smallest absolute Gasteiger partial charge is 0.227 e. The van der Waals surface area contributed by atoms with Gasteiger partial charge in [0.1, 0.15) is 0 Å². The topological polar surface area (TPSA) is 49.6 Å². The number of nitrogens with two attached hydrogens (primary N) is 1. The molecule has 4 nitrogen and oxygen atoms in total. The highest BCUT2D eigenvalue weighted by atomic mass is 16.2. The second kappa shape index (κ2) is 5.17. The molecule has 2 atom stereocenters. The number of piperidine rings is 2. The number of amides is 1. The lowest BCUT2D eigenvalue weighted by atomic mass is 9.83. The van der Waals surface area contributed by atoms with Gasteiger partial charge in [0, 0.05) is 19.1 Å². The molecule has 2 N–H and O–H groups in total. The Morgan fingerprint density at radius 2 is 1.89 bits per heavy atom. The number of nitrogens with zero attached hydrogens (tertiary/aromatic N) is 2. The molecule has 2 rings (SSSR count). The summed E-state index contributed by atoms with van der Waals surface area (Å²) in [6.45, 7) is 7.12. The van der Waals surface area contributed by atoms with Crippen LogP contribution in [0.3, 0.4) is 0 Å². The summed E-state index contributed by atoms with van der Waals surface area (Å²) in [5.41, 5.74) is 6.00. The first-order chi connectivity index (χ1) is 8.43. The summed E-state index contributed by atoms with van der Waals surface area (Å²) in [5, 5.41) is 0. The van der Waals surface area contributed by atoms with Gasteiger partial charge in [-0.15, -0.1) is 0 Å². The molecule has 2 heterocycles. The molecule has 4 heteroatoms. The van der Waals surface area contributed by atoms with E-state index in [1.54, 1.807) is 0 Å². The fourth-order valence-electron chi connectivity index (χ4n) is 3.29. The summed E-state index contributed by atoms with van der Waals surface area (Å²) in [7, 11) is 2.10. The minimum atomic E-state index is -0.189. The number of rotatable bonds is 1. The van der Waals surface area contributed by atoms with Crippen molar-refractivity contribution < 1.29 is 4.79 Å². The lowest BCUT2D eigenvalue weighted by molar-refractivity contribution is -0.145. The maximum absolute atomic E-state index is 12.7. The molecule has 0 saturated carbocycles. The number of hydrogen-bond acceptors (Lipinski definition) is 3. The van der Waals surface area contributed by atoms with Crippen LogP contribution in [0, 0.1) is 5.92 Å². The molecule has 0 radical (unpaired) electrons. The van der Waals surface area contributed by atoms with Crippen molar-refractivity contribution in [3.63, 3.8) is 0 Å². The molecule has 18 heavy (non-hydrogen) atoms. The van der Waals surface area contributed by atoms with Crippen molar-refractivity contribution in [3.8, 4) is 0 Å². The fourth-order valence-corrected chi connectivity index (χ4v) is 3.29.